The first-order valence-corrected chi connectivity index (χ1v) is 13.4. The Bertz CT molecular complexity index is 1070. The molecule has 0 saturated carbocycles. The fourth-order valence-corrected chi connectivity index (χ4v) is 6.53. The Morgan fingerprint density at radius 3 is 2.64 bits per heavy atom. The van der Waals surface area contributed by atoms with Crippen molar-refractivity contribution in [1.82, 2.24) is 19.7 Å². The van der Waals surface area contributed by atoms with E-state index < -0.39 is 0 Å². The molecule has 1 aromatic carbocycles. The molecule has 1 amide bonds. The number of carbonyl (C=O) groups excluding carboxylic acids is 1. The number of aryl methyl sites for hydroxylation is 1. The van der Waals surface area contributed by atoms with Gasteiger partial charge in [-0.05, 0) is 96.0 Å². The van der Waals surface area contributed by atoms with E-state index in [1.54, 1.807) is 11.3 Å². The zero-order valence-electron chi connectivity index (χ0n) is 19.8. The van der Waals surface area contributed by atoms with E-state index in [2.05, 4.69) is 63.0 Å². The fourth-order valence-electron chi connectivity index (χ4n) is 5.54. The van der Waals surface area contributed by atoms with Crippen LogP contribution >= 0.6 is 11.3 Å². The first-order chi connectivity index (χ1) is 16.2. The molecule has 0 radical (unpaired) electrons. The average Bonchev–Trinajstić information content (AvgIpc) is 3.46. The molecule has 1 N–H and O–H groups in total. The third-order valence-corrected chi connectivity index (χ3v) is 8.40. The molecule has 0 spiro atoms. The van der Waals surface area contributed by atoms with Gasteiger partial charge in [-0.3, -0.25) is 4.79 Å². The van der Waals surface area contributed by atoms with Gasteiger partial charge in [-0.25, -0.2) is 0 Å². The second-order valence-corrected chi connectivity index (χ2v) is 10.7. The predicted molar refractivity (Wildman–Crippen MR) is 138 cm³/mol. The van der Waals surface area contributed by atoms with Crippen molar-refractivity contribution in [2.24, 2.45) is 0 Å². The normalized spacial score (nSPS) is 18.7. The van der Waals surface area contributed by atoms with Crippen LogP contribution < -0.4 is 5.32 Å². The number of carbonyl (C=O) groups is 1. The minimum Gasteiger partial charge on any atom is -0.351 e. The van der Waals surface area contributed by atoms with Gasteiger partial charge in [0, 0.05) is 23.7 Å². The summed E-state index contributed by atoms with van der Waals surface area (Å²) in [4.78, 5) is 18.8. The summed E-state index contributed by atoms with van der Waals surface area (Å²) in [5, 5.41) is 5.46. The lowest BCUT2D eigenvalue weighted by Crippen LogP contribution is -2.47. The molecule has 0 bridgehead atoms. The molecular weight excluding hydrogens is 428 g/mol. The van der Waals surface area contributed by atoms with Gasteiger partial charge in [0.15, 0.2) is 0 Å². The van der Waals surface area contributed by atoms with Crippen LogP contribution in [-0.4, -0.2) is 65.6 Å². The summed E-state index contributed by atoms with van der Waals surface area (Å²) in [5.41, 5.74) is 2.38. The molecule has 2 aromatic heterocycles. The van der Waals surface area contributed by atoms with Crippen molar-refractivity contribution in [1.29, 1.82) is 0 Å². The topological polar surface area (TPSA) is 40.5 Å². The highest BCUT2D eigenvalue weighted by Gasteiger charge is 2.25. The number of rotatable bonds is 7. The lowest BCUT2D eigenvalue weighted by Gasteiger charge is -2.40. The van der Waals surface area contributed by atoms with Crippen molar-refractivity contribution in [3.8, 4) is 5.00 Å². The van der Waals surface area contributed by atoms with Crippen molar-refractivity contribution in [3.05, 3.63) is 53.0 Å². The highest BCUT2D eigenvalue weighted by atomic mass is 32.1. The number of amides is 1. The Kier molecular flexibility index (Phi) is 7.14. The molecule has 176 valence electrons. The molecule has 5 nitrogen and oxygen atoms in total. The number of aromatic nitrogens is 1. The molecule has 2 aliphatic rings. The quantitative estimate of drug-likeness (QED) is 0.496. The van der Waals surface area contributed by atoms with Crippen molar-refractivity contribution in [3.63, 3.8) is 0 Å². The van der Waals surface area contributed by atoms with E-state index in [-0.39, 0.29) is 5.91 Å². The summed E-state index contributed by atoms with van der Waals surface area (Å²) >= 11 is 1.56. The van der Waals surface area contributed by atoms with Crippen molar-refractivity contribution < 1.29 is 4.79 Å². The number of hydrogen-bond acceptors (Lipinski definition) is 4. The van der Waals surface area contributed by atoms with E-state index in [1.807, 2.05) is 6.07 Å². The zero-order chi connectivity index (χ0) is 22.6. The first-order valence-electron chi connectivity index (χ1n) is 12.6. The maximum Gasteiger partial charge on any atom is 0.261 e. The molecule has 2 aliphatic heterocycles. The van der Waals surface area contributed by atoms with Crippen molar-refractivity contribution in [2.75, 3.05) is 39.3 Å². The number of thiophene rings is 1. The smallest absolute Gasteiger partial charge is 0.261 e. The van der Waals surface area contributed by atoms with Gasteiger partial charge >= 0.3 is 0 Å². The molecule has 0 unspecified atom stereocenters. The molecule has 2 saturated heterocycles. The standard InChI is InChI=1S/C27H36N4OS/c1-21-20-22-8-3-4-9-24(22)31(21)26-11-10-25(33-26)27(32)28-14-7-15-29-18-12-23(13-19-29)30-16-5-2-6-17-30/h3-4,8-11,20,23H,2,5-7,12-19H2,1H3,(H,28,32). The lowest BCUT2D eigenvalue weighted by atomic mass is 10.00. The van der Waals surface area contributed by atoms with Crippen LogP contribution in [0.5, 0.6) is 0 Å². The van der Waals surface area contributed by atoms with Crippen LogP contribution in [0.1, 0.15) is 53.9 Å². The third-order valence-electron chi connectivity index (χ3n) is 7.33. The molecule has 4 heterocycles. The SMILES string of the molecule is Cc1cc2ccccc2n1-c1ccc(C(=O)NCCCN2CCC(N3CCCCC3)CC2)s1. The average molecular weight is 465 g/mol. The fraction of sp³-hybridized carbons (Fsp3) is 0.519. The molecule has 0 atom stereocenters. The van der Waals surface area contributed by atoms with E-state index >= 15 is 0 Å². The number of fused-ring (bicyclic) bond motifs is 1. The Hall–Kier alpha value is -2.15. The van der Waals surface area contributed by atoms with Crippen LogP contribution in [0.4, 0.5) is 0 Å². The molecule has 33 heavy (non-hydrogen) atoms. The van der Waals surface area contributed by atoms with Gasteiger partial charge in [-0.2, -0.15) is 0 Å². The highest BCUT2D eigenvalue weighted by Crippen LogP contribution is 2.28. The summed E-state index contributed by atoms with van der Waals surface area (Å²) in [6.45, 7) is 8.96. The predicted octanol–water partition coefficient (Wildman–Crippen LogP) is 5.07. The minimum atomic E-state index is 0.0455. The van der Waals surface area contributed by atoms with Gasteiger partial charge in [0.05, 0.1) is 10.4 Å². The van der Waals surface area contributed by atoms with Crippen LogP contribution in [0.15, 0.2) is 42.5 Å². The zero-order valence-corrected chi connectivity index (χ0v) is 20.6. The van der Waals surface area contributed by atoms with Gasteiger partial charge < -0.3 is 19.7 Å². The molecular formula is C27H36N4OS. The Morgan fingerprint density at radius 2 is 1.82 bits per heavy atom. The van der Waals surface area contributed by atoms with E-state index in [0.717, 1.165) is 35.4 Å². The van der Waals surface area contributed by atoms with E-state index in [1.165, 1.54) is 74.9 Å². The number of piperidine rings is 2. The van der Waals surface area contributed by atoms with Crippen LogP contribution in [-0.2, 0) is 0 Å². The molecule has 3 aromatic rings. The number of hydrogen-bond donors (Lipinski definition) is 1. The summed E-state index contributed by atoms with van der Waals surface area (Å²) in [6.07, 6.45) is 7.80. The van der Waals surface area contributed by atoms with E-state index in [9.17, 15) is 4.79 Å². The lowest BCUT2D eigenvalue weighted by molar-refractivity contribution is 0.0904. The maximum atomic E-state index is 12.7. The van der Waals surface area contributed by atoms with Crippen LogP contribution in [0.2, 0.25) is 0 Å². The maximum absolute atomic E-state index is 12.7. The number of nitrogens with one attached hydrogen (secondary N) is 1. The van der Waals surface area contributed by atoms with Crippen molar-refractivity contribution in [2.45, 2.75) is 51.5 Å². The van der Waals surface area contributed by atoms with E-state index in [4.69, 9.17) is 0 Å². The van der Waals surface area contributed by atoms with Gasteiger partial charge in [-0.15, -0.1) is 11.3 Å². The highest BCUT2D eigenvalue weighted by molar-refractivity contribution is 7.16. The molecule has 0 aliphatic carbocycles. The second kappa shape index (κ2) is 10.4. The van der Waals surface area contributed by atoms with Crippen LogP contribution in [0.25, 0.3) is 15.9 Å². The van der Waals surface area contributed by atoms with Gasteiger partial charge in [0.2, 0.25) is 0 Å². The Balaban J connectivity index is 1.07. The minimum absolute atomic E-state index is 0.0455. The largest absolute Gasteiger partial charge is 0.351 e. The summed E-state index contributed by atoms with van der Waals surface area (Å²) in [6, 6.07) is 15.4. The second-order valence-electron chi connectivity index (χ2n) is 9.60. The third kappa shape index (κ3) is 5.18. The summed E-state index contributed by atoms with van der Waals surface area (Å²) < 4.78 is 2.24. The van der Waals surface area contributed by atoms with Crippen LogP contribution in [0.3, 0.4) is 0 Å². The van der Waals surface area contributed by atoms with Gasteiger partial charge in [0.1, 0.15) is 5.00 Å². The Morgan fingerprint density at radius 1 is 1.03 bits per heavy atom. The summed E-state index contributed by atoms with van der Waals surface area (Å²) in [5.74, 6) is 0.0455. The summed E-state index contributed by atoms with van der Waals surface area (Å²) in [7, 11) is 0. The molecule has 2 fully saturated rings. The Labute approximate surface area is 201 Å². The molecule has 5 rings (SSSR count). The van der Waals surface area contributed by atoms with Crippen molar-refractivity contribution >= 4 is 28.1 Å². The number of likely N-dealkylation sites (tertiary alicyclic amines) is 2. The number of para-hydroxylation sites is 1. The molecule has 6 heteroatoms. The van der Waals surface area contributed by atoms with Crippen LogP contribution in [0, 0.1) is 6.92 Å². The number of nitrogens with zero attached hydrogens (tertiary/aromatic N) is 3. The first kappa shape index (κ1) is 22.6. The van der Waals surface area contributed by atoms with Gasteiger partial charge in [-0.1, -0.05) is 24.6 Å². The monoisotopic (exact) mass is 464 g/mol. The van der Waals surface area contributed by atoms with Gasteiger partial charge in [0.25, 0.3) is 5.91 Å². The van der Waals surface area contributed by atoms with E-state index in [0.29, 0.717) is 0 Å². The number of benzene rings is 1.